The number of hydrogen-bond donors (Lipinski definition) is 1. The Morgan fingerprint density at radius 3 is 2.72 bits per heavy atom. The van der Waals surface area contributed by atoms with Gasteiger partial charge in [0.05, 0.1) is 0 Å². The number of nitrogens with one attached hydrogen (secondary N) is 1. The fraction of sp³-hybridized carbons (Fsp3) is 0.647. The van der Waals surface area contributed by atoms with Crippen molar-refractivity contribution < 1.29 is 0 Å². The van der Waals surface area contributed by atoms with Crippen LogP contribution in [0.4, 0.5) is 0 Å². The van der Waals surface area contributed by atoms with Crippen molar-refractivity contribution in [3.63, 3.8) is 0 Å². The van der Waals surface area contributed by atoms with E-state index in [1.165, 1.54) is 38.5 Å². The number of fused-ring (bicyclic) bond motifs is 3. The van der Waals surface area contributed by atoms with E-state index in [9.17, 15) is 0 Å². The minimum absolute atomic E-state index is 0.761. The number of rotatable bonds is 2. The van der Waals surface area contributed by atoms with Gasteiger partial charge in [0.25, 0.3) is 0 Å². The first-order valence-corrected chi connectivity index (χ1v) is 7.71. The van der Waals surface area contributed by atoms with Gasteiger partial charge in [0.2, 0.25) is 0 Å². The molecule has 0 radical (unpaired) electrons. The fourth-order valence-electron chi connectivity index (χ4n) is 4.19. The second-order valence-electron chi connectivity index (χ2n) is 6.65. The van der Waals surface area contributed by atoms with Gasteiger partial charge >= 0.3 is 0 Å². The van der Waals surface area contributed by atoms with E-state index in [1.807, 2.05) is 0 Å². The van der Waals surface area contributed by atoms with Crippen LogP contribution in [-0.4, -0.2) is 6.04 Å². The van der Waals surface area contributed by atoms with Gasteiger partial charge in [-0.2, -0.15) is 0 Å². The van der Waals surface area contributed by atoms with Gasteiger partial charge in [-0.15, -0.1) is 0 Å². The standard InChI is InChI=1S/C17H23N/c1-2-4-15-14(3-1)11-18-17-10-13(7-8-16(15)17)9-12-5-6-12/h1-4,12-13,16-18H,5-11H2. The highest BCUT2D eigenvalue weighted by Crippen LogP contribution is 2.45. The molecule has 3 atom stereocenters. The first kappa shape index (κ1) is 11.0. The molecule has 2 saturated carbocycles. The van der Waals surface area contributed by atoms with Crippen LogP contribution in [-0.2, 0) is 6.54 Å². The summed E-state index contributed by atoms with van der Waals surface area (Å²) in [7, 11) is 0. The zero-order valence-corrected chi connectivity index (χ0v) is 11.1. The molecule has 2 aliphatic carbocycles. The van der Waals surface area contributed by atoms with Gasteiger partial charge in [0, 0.05) is 12.6 Å². The molecule has 0 aromatic heterocycles. The smallest absolute Gasteiger partial charge is 0.0211 e. The first-order chi connectivity index (χ1) is 8.90. The minimum Gasteiger partial charge on any atom is -0.309 e. The summed E-state index contributed by atoms with van der Waals surface area (Å²) in [5.74, 6) is 2.91. The summed E-state index contributed by atoms with van der Waals surface area (Å²) in [5, 5.41) is 3.80. The zero-order chi connectivity index (χ0) is 11.9. The van der Waals surface area contributed by atoms with Crippen molar-refractivity contribution in [2.24, 2.45) is 11.8 Å². The molecule has 1 heteroatoms. The molecule has 18 heavy (non-hydrogen) atoms. The predicted molar refractivity (Wildman–Crippen MR) is 74.5 cm³/mol. The second-order valence-corrected chi connectivity index (χ2v) is 6.65. The molecule has 0 amide bonds. The average Bonchev–Trinajstić information content (AvgIpc) is 3.22. The Bertz CT molecular complexity index is 435. The SMILES string of the molecule is c1ccc2c(c1)CNC1CC(CC3CC3)CCC21. The second kappa shape index (κ2) is 4.38. The van der Waals surface area contributed by atoms with Crippen LogP contribution in [0, 0.1) is 11.8 Å². The molecular formula is C17H23N. The van der Waals surface area contributed by atoms with Crippen molar-refractivity contribution in [2.75, 3.05) is 0 Å². The van der Waals surface area contributed by atoms with Crippen LogP contribution in [0.15, 0.2) is 24.3 Å². The van der Waals surface area contributed by atoms with E-state index in [1.54, 1.807) is 11.1 Å². The lowest BCUT2D eigenvalue weighted by Crippen LogP contribution is -2.43. The van der Waals surface area contributed by atoms with Crippen LogP contribution >= 0.6 is 0 Å². The largest absolute Gasteiger partial charge is 0.309 e. The van der Waals surface area contributed by atoms with Gasteiger partial charge in [-0.1, -0.05) is 37.1 Å². The van der Waals surface area contributed by atoms with Gasteiger partial charge in [-0.05, 0) is 54.6 Å². The topological polar surface area (TPSA) is 12.0 Å². The summed E-state index contributed by atoms with van der Waals surface area (Å²) in [4.78, 5) is 0. The Balaban J connectivity index is 1.51. The summed E-state index contributed by atoms with van der Waals surface area (Å²) in [6.07, 6.45) is 8.85. The zero-order valence-electron chi connectivity index (χ0n) is 11.1. The highest BCUT2D eigenvalue weighted by atomic mass is 14.9. The van der Waals surface area contributed by atoms with Crippen molar-refractivity contribution in [1.82, 2.24) is 5.32 Å². The molecule has 0 spiro atoms. The third kappa shape index (κ3) is 1.99. The maximum Gasteiger partial charge on any atom is 0.0211 e. The van der Waals surface area contributed by atoms with Gasteiger partial charge in [-0.25, -0.2) is 0 Å². The summed E-state index contributed by atoms with van der Waals surface area (Å²) >= 11 is 0. The third-order valence-corrected chi connectivity index (χ3v) is 5.33. The third-order valence-electron chi connectivity index (χ3n) is 5.33. The molecule has 0 saturated heterocycles. The van der Waals surface area contributed by atoms with Crippen LogP contribution in [0.2, 0.25) is 0 Å². The van der Waals surface area contributed by atoms with Gasteiger partial charge < -0.3 is 5.32 Å². The lowest BCUT2D eigenvalue weighted by molar-refractivity contribution is 0.225. The average molecular weight is 241 g/mol. The molecule has 3 unspecified atom stereocenters. The number of benzene rings is 1. The molecule has 1 N–H and O–H groups in total. The van der Waals surface area contributed by atoms with Crippen LogP contribution in [0.1, 0.15) is 55.6 Å². The van der Waals surface area contributed by atoms with Gasteiger partial charge in [-0.3, -0.25) is 0 Å². The summed E-state index contributed by atoms with van der Waals surface area (Å²) in [5.41, 5.74) is 3.19. The van der Waals surface area contributed by atoms with Crippen molar-refractivity contribution in [3.8, 4) is 0 Å². The Morgan fingerprint density at radius 1 is 1.00 bits per heavy atom. The fourth-order valence-corrected chi connectivity index (χ4v) is 4.19. The predicted octanol–water partition coefficient (Wildman–Crippen LogP) is 3.84. The molecule has 96 valence electrons. The quantitative estimate of drug-likeness (QED) is 0.829. The Kier molecular flexibility index (Phi) is 2.69. The summed E-state index contributed by atoms with van der Waals surface area (Å²) in [6, 6.07) is 9.83. The Hall–Kier alpha value is -0.820. The van der Waals surface area contributed by atoms with Crippen LogP contribution < -0.4 is 5.32 Å². The van der Waals surface area contributed by atoms with Gasteiger partial charge in [0.15, 0.2) is 0 Å². The maximum atomic E-state index is 3.80. The molecule has 0 bridgehead atoms. The van der Waals surface area contributed by atoms with Crippen molar-refractivity contribution in [2.45, 2.75) is 57.0 Å². The minimum atomic E-state index is 0.761. The van der Waals surface area contributed by atoms with Crippen molar-refractivity contribution in [1.29, 1.82) is 0 Å². The molecule has 1 aliphatic heterocycles. The maximum absolute atomic E-state index is 3.80. The molecular weight excluding hydrogens is 218 g/mol. The molecule has 4 rings (SSSR count). The number of hydrogen-bond acceptors (Lipinski definition) is 1. The van der Waals surface area contributed by atoms with Crippen LogP contribution in [0.25, 0.3) is 0 Å². The van der Waals surface area contributed by atoms with E-state index in [-0.39, 0.29) is 0 Å². The summed E-state index contributed by atoms with van der Waals surface area (Å²) < 4.78 is 0. The van der Waals surface area contributed by atoms with Gasteiger partial charge in [0.1, 0.15) is 0 Å². The van der Waals surface area contributed by atoms with E-state index in [2.05, 4.69) is 29.6 Å². The molecule has 1 aromatic carbocycles. The lowest BCUT2D eigenvalue weighted by atomic mass is 9.71. The Morgan fingerprint density at radius 2 is 1.83 bits per heavy atom. The molecule has 2 fully saturated rings. The molecule has 1 nitrogen and oxygen atoms in total. The monoisotopic (exact) mass is 241 g/mol. The van der Waals surface area contributed by atoms with E-state index >= 15 is 0 Å². The highest BCUT2D eigenvalue weighted by Gasteiger charge is 2.36. The van der Waals surface area contributed by atoms with Crippen molar-refractivity contribution in [3.05, 3.63) is 35.4 Å². The van der Waals surface area contributed by atoms with E-state index in [0.29, 0.717) is 0 Å². The van der Waals surface area contributed by atoms with E-state index in [4.69, 9.17) is 0 Å². The van der Waals surface area contributed by atoms with E-state index < -0.39 is 0 Å². The van der Waals surface area contributed by atoms with Crippen LogP contribution in [0.3, 0.4) is 0 Å². The summed E-state index contributed by atoms with van der Waals surface area (Å²) in [6.45, 7) is 1.09. The molecule has 3 aliphatic rings. The molecule has 1 aromatic rings. The first-order valence-electron chi connectivity index (χ1n) is 7.71. The lowest BCUT2D eigenvalue weighted by Gasteiger charge is -2.41. The van der Waals surface area contributed by atoms with Crippen LogP contribution in [0.5, 0.6) is 0 Å². The van der Waals surface area contributed by atoms with Crippen molar-refractivity contribution >= 4 is 0 Å². The highest BCUT2D eigenvalue weighted by molar-refractivity contribution is 5.34. The normalized spacial score (nSPS) is 34.8. The van der Waals surface area contributed by atoms with E-state index in [0.717, 1.165) is 30.3 Å². The Labute approximate surface area is 110 Å². The molecule has 1 heterocycles.